The van der Waals surface area contributed by atoms with Crippen LogP contribution in [0.4, 0.5) is 11.4 Å². The van der Waals surface area contributed by atoms with Gasteiger partial charge in [0.15, 0.2) is 0 Å². The minimum absolute atomic E-state index is 0.0229. The summed E-state index contributed by atoms with van der Waals surface area (Å²) >= 11 is 0. The number of hydrogen-bond acceptors (Lipinski definition) is 5. The molecule has 7 heteroatoms. The maximum absolute atomic E-state index is 12.3. The lowest BCUT2D eigenvalue weighted by Crippen LogP contribution is -2.14. The van der Waals surface area contributed by atoms with Gasteiger partial charge in [0, 0.05) is 17.4 Å². The second kappa shape index (κ2) is 5.38. The van der Waals surface area contributed by atoms with Gasteiger partial charge in [-0.3, -0.25) is 9.71 Å². The van der Waals surface area contributed by atoms with Crippen LogP contribution in [0.15, 0.2) is 41.4 Å². The summed E-state index contributed by atoms with van der Waals surface area (Å²) in [6, 6.07) is 7.73. The number of aryl methyl sites for hydroxylation is 1. The van der Waals surface area contributed by atoms with Gasteiger partial charge in [0.25, 0.3) is 10.0 Å². The molecule has 1 aromatic heterocycles. The standard InChI is InChI=1S/C13H15N3O3S/c1-9-3-5-11(8-15-9)16-20(17,18)13-6-4-10(14)7-12(13)19-2/h3-8,16H,14H2,1-2H3. The molecule has 2 rings (SSSR count). The monoisotopic (exact) mass is 293 g/mol. The summed E-state index contributed by atoms with van der Waals surface area (Å²) in [5.41, 5.74) is 7.23. The second-order valence-corrected chi connectivity index (χ2v) is 5.85. The molecule has 1 aromatic carbocycles. The fourth-order valence-corrected chi connectivity index (χ4v) is 2.84. The van der Waals surface area contributed by atoms with E-state index in [1.165, 1.54) is 31.5 Å². The van der Waals surface area contributed by atoms with Crippen LogP contribution in [0.25, 0.3) is 0 Å². The summed E-state index contributed by atoms with van der Waals surface area (Å²) < 4.78 is 32.1. The third kappa shape index (κ3) is 3.00. The molecule has 106 valence electrons. The molecule has 1 heterocycles. The highest BCUT2D eigenvalue weighted by Crippen LogP contribution is 2.27. The molecule has 0 saturated heterocycles. The topological polar surface area (TPSA) is 94.3 Å². The number of nitrogens with zero attached hydrogens (tertiary/aromatic N) is 1. The molecule has 2 aromatic rings. The number of sulfonamides is 1. The quantitative estimate of drug-likeness (QED) is 0.838. The molecular formula is C13H15N3O3S. The van der Waals surface area contributed by atoms with Crippen molar-refractivity contribution >= 4 is 21.4 Å². The van der Waals surface area contributed by atoms with Crippen molar-refractivity contribution in [1.82, 2.24) is 4.98 Å². The Balaban J connectivity index is 2.38. The van der Waals surface area contributed by atoms with Crippen molar-refractivity contribution in [3.05, 3.63) is 42.2 Å². The predicted molar refractivity (Wildman–Crippen MR) is 77.2 cm³/mol. The first kappa shape index (κ1) is 14.1. The lowest BCUT2D eigenvalue weighted by atomic mass is 10.3. The molecule has 0 fully saturated rings. The van der Waals surface area contributed by atoms with E-state index in [2.05, 4.69) is 9.71 Å². The first-order chi connectivity index (χ1) is 9.42. The van der Waals surface area contributed by atoms with Crippen LogP contribution < -0.4 is 15.2 Å². The van der Waals surface area contributed by atoms with Gasteiger partial charge in [-0.05, 0) is 31.2 Å². The highest BCUT2D eigenvalue weighted by molar-refractivity contribution is 7.92. The maximum atomic E-state index is 12.3. The lowest BCUT2D eigenvalue weighted by Gasteiger charge is -2.12. The number of rotatable bonds is 4. The predicted octanol–water partition coefficient (Wildman–Crippen LogP) is 1.78. The zero-order chi connectivity index (χ0) is 14.8. The summed E-state index contributed by atoms with van der Waals surface area (Å²) in [5, 5.41) is 0. The fourth-order valence-electron chi connectivity index (χ4n) is 1.64. The number of nitrogens with one attached hydrogen (secondary N) is 1. The average molecular weight is 293 g/mol. The van der Waals surface area contributed by atoms with Crippen molar-refractivity contribution in [2.75, 3.05) is 17.6 Å². The minimum Gasteiger partial charge on any atom is -0.495 e. The van der Waals surface area contributed by atoms with Crippen LogP contribution in [0.3, 0.4) is 0 Å². The van der Waals surface area contributed by atoms with Gasteiger partial charge < -0.3 is 10.5 Å². The molecule has 0 bridgehead atoms. The molecule has 20 heavy (non-hydrogen) atoms. The molecule has 0 atom stereocenters. The molecule has 0 radical (unpaired) electrons. The molecule has 0 aliphatic carbocycles. The molecule has 0 amide bonds. The van der Waals surface area contributed by atoms with Crippen LogP contribution in [0.5, 0.6) is 5.75 Å². The van der Waals surface area contributed by atoms with Gasteiger partial charge >= 0.3 is 0 Å². The van der Waals surface area contributed by atoms with Crippen molar-refractivity contribution in [3.8, 4) is 5.75 Å². The number of nitrogens with two attached hydrogens (primary N) is 1. The van der Waals surface area contributed by atoms with Gasteiger partial charge in [-0.15, -0.1) is 0 Å². The Morgan fingerprint density at radius 1 is 1.25 bits per heavy atom. The summed E-state index contributed by atoms with van der Waals surface area (Å²) in [7, 11) is -2.37. The zero-order valence-corrected chi connectivity index (χ0v) is 11.9. The van der Waals surface area contributed by atoms with E-state index in [-0.39, 0.29) is 10.6 Å². The van der Waals surface area contributed by atoms with Gasteiger partial charge in [-0.2, -0.15) is 0 Å². The van der Waals surface area contributed by atoms with E-state index < -0.39 is 10.0 Å². The third-order valence-corrected chi connectivity index (χ3v) is 4.06. The number of aromatic nitrogens is 1. The van der Waals surface area contributed by atoms with Crippen molar-refractivity contribution < 1.29 is 13.2 Å². The molecule has 3 N–H and O–H groups in total. The number of ether oxygens (including phenoxy) is 1. The minimum atomic E-state index is -3.76. The highest BCUT2D eigenvalue weighted by Gasteiger charge is 2.19. The molecule has 0 unspecified atom stereocenters. The molecule has 0 aliphatic heterocycles. The van der Waals surface area contributed by atoms with Crippen LogP contribution in [0, 0.1) is 6.92 Å². The van der Waals surface area contributed by atoms with Crippen LogP contribution in [-0.4, -0.2) is 20.5 Å². The molecule has 6 nitrogen and oxygen atoms in total. The Bertz CT molecular complexity index is 712. The van der Waals surface area contributed by atoms with E-state index in [0.717, 1.165) is 5.69 Å². The Morgan fingerprint density at radius 3 is 2.60 bits per heavy atom. The molecule has 0 saturated carbocycles. The summed E-state index contributed by atoms with van der Waals surface area (Å²) in [6.45, 7) is 1.82. The SMILES string of the molecule is COc1cc(N)ccc1S(=O)(=O)Nc1ccc(C)nc1. The number of hydrogen-bond donors (Lipinski definition) is 2. The van der Waals surface area contributed by atoms with E-state index in [9.17, 15) is 8.42 Å². The second-order valence-electron chi connectivity index (χ2n) is 4.20. The van der Waals surface area contributed by atoms with E-state index in [0.29, 0.717) is 11.4 Å². The van der Waals surface area contributed by atoms with Gasteiger partial charge in [0.1, 0.15) is 10.6 Å². The van der Waals surface area contributed by atoms with Crippen LogP contribution >= 0.6 is 0 Å². The fraction of sp³-hybridized carbons (Fsp3) is 0.154. The van der Waals surface area contributed by atoms with E-state index in [4.69, 9.17) is 10.5 Å². The van der Waals surface area contributed by atoms with E-state index >= 15 is 0 Å². The molecule has 0 spiro atoms. The Hall–Kier alpha value is -2.28. The number of nitrogen functional groups attached to an aromatic ring is 1. The van der Waals surface area contributed by atoms with E-state index in [1.54, 1.807) is 12.1 Å². The number of methoxy groups -OCH3 is 1. The van der Waals surface area contributed by atoms with Crippen molar-refractivity contribution in [2.24, 2.45) is 0 Å². The third-order valence-electron chi connectivity index (χ3n) is 2.64. The Kier molecular flexibility index (Phi) is 3.80. The van der Waals surface area contributed by atoms with Crippen molar-refractivity contribution in [1.29, 1.82) is 0 Å². The smallest absolute Gasteiger partial charge is 0.265 e. The van der Waals surface area contributed by atoms with Crippen molar-refractivity contribution in [2.45, 2.75) is 11.8 Å². The first-order valence-corrected chi connectivity index (χ1v) is 7.29. The Morgan fingerprint density at radius 2 is 2.00 bits per heavy atom. The van der Waals surface area contributed by atoms with Gasteiger partial charge in [-0.1, -0.05) is 0 Å². The Labute approximate surface area is 117 Å². The van der Waals surface area contributed by atoms with Gasteiger partial charge in [0.05, 0.1) is 19.0 Å². The van der Waals surface area contributed by atoms with Crippen LogP contribution in [0.1, 0.15) is 5.69 Å². The maximum Gasteiger partial charge on any atom is 0.265 e. The van der Waals surface area contributed by atoms with Crippen molar-refractivity contribution in [3.63, 3.8) is 0 Å². The number of benzene rings is 1. The van der Waals surface area contributed by atoms with E-state index in [1.807, 2.05) is 6.92 Å². The largest absolute Gasteiger partial charge is 0.495 e. The summed E-state index contributed by atoms with van der Waals surface area (Å²) in [5.74, 6) is 0.192. The zero-order valence-electron chi connectivity index (χ0n) is 11.1. The van der Waals surface area contributed by atoms with Gasteiger partial charge in [0.2, 0.25) is 0 Å². The molecule has 0 aliphatic rings. The van der Waals surface area contributed by atoms with Crippen LogP contribution in [-0.2, 0) is 10.0 Å². The molecular weight excluding hydrogens is 278 g/mol. The lowest BCUT2D eigenvalue weighted by molar-refractivity contribution is 0.403. The number of anilines is 2. The summed E-state index contributed by atoms with van der Waals surface area (Å²) in [4.78, 5) is 4.06. The summed E-state index contributed by atoms with van der Waals surface area (Å²) in [6.07, 6.45) is 1.46. The number of pyridine rings is 1. The normalized spacial score (nSPS) is 11.1. The van der Waals surface area contributed by atoms with Gasteiger partial charge in [-0.25, -0.2) is 8.42 Å². The first-order valence-electron chi connectivity index (χ1n) is 5.81. The highest BCUT2D eigenvalue weighted by atomic mass is 32.2. The average Bonchev–Trinajstić information content (AvgIpc) is 2.40. The van der Waals surface area contributed by atoms with Crippen LogP contribution in [0.2, 0.25) is 0 Å².